The number of allylic oxidation sites excluding steroid dienone is 1. The van der Waals surface area contributed by atoms with Crippen LogP contribution < -0.4 is 0 Å². The molecule has 1 radical (unpaired) electrons. The molecular weight excluding hydrogens is 516 g/mol. The van der Waals surface area contributed by atoms with Gasteiger partial charge in [0.05, 0.1) is 23.1 Å². The first-order valence-electron chi connectivity index (χ1n) is 8.47. The fourth-order valence-corrected chi connectivity index (χ4v) is 2.98. The van der Waals surface area contributed by atoms with Crippen LogP contribution in [0.2, 0.25) is 0 Å². The fraction of sp³-hybridized carbons (Fsp3) is 0.182. The van der Waals surface area contributed by atoms with Crippen LogP contribution in [0.15, 0.2) is 60.5 Å². The van der Waals surface area contributed by atoms with Crippen LogP contribution in [0.4, 0.5) is 0 Å². The van der Waals surface area contributed by atoms with Gasteiger partial charge in [-0.15, -0.1) is 29.7 Å². The number of aliphatic hydroxyl groups excluding tert-OH is 2. The molecule has 0 aliphatic carbocycles. The van der Waals surface area contributed by atoms with Crippen molar-refractivity contribution in [3.8, 4) is 0 Å². The number of fused-ring (bicyclic) bond motifs is 6. The van der Waals surface area contributed by atoms with Gasteiger partial charge in [0.1, 0.15) is 0 Å². The number of aromatic nitrogens is 2. The van der Waals surface area contributed by atoms with Gasteiger partial charge in [-0.2, -0.15) is 0 Å². The van der Waals surface area contributed by atoms with Crippen LogP contribution in [0.1, 0.15) is 19.5 Å². The first kappa shape index (κ1) is 21.0. The van der Waals surface area contributed by atoms with Crippen LogP contribution in [-0.2, 0) is 20.1 Å². The van der Waals surface area contributed by atoms with E-state index >= 15 is 0 Å². The first-order chi connectivity index (χ1) is 12.5. The normalized spacial score (nSPS) is 12.4. The molecule has 141 valence electrons. The van der Waals surface area contributed by atoms with E-state index in [2.05, 4.69) is 40.3 Å². The Bertz CT molecular complexity index is 1070. The first-order valence-corrected chi connectivity index (χ1v) is 8.47. The maximum atomic E-state index is 8.49. The molecular formula is C22H21IrN2O2-. The molecule has 27 heavy (non-hydrogen) atoms. The molecule has 1 unspecified atom stereocenters. The van der Waals surface area contributed by atoms with Crippen LogP contribution in [-0.4, -0.2) is 26.3 Å². The predicted octanol–water partition coefficient (Wildman–Crippen LogP) is 4.87. The van der Waals surface area contributed by atoms with Gasteiger partial charge in [-0.05, 0) is 32.2 Å². The van der Waals surface area contributed by atoms with Crippen molar-refractivity contribution in [1.82, 2.24) is 9.97 Å². The van der Waals surface area contributed by atoms with Crippen molar-refractivity contribution < 1.29 is 30.3 Å². The molecule has 4 rings (SSSR count). The molecule has 4 nitrogen and oxygen atoms in total. The molecule has 0 saturated heterocycles. The van der Waals surface area contributed by atoms with Crippen LogP contribution in [0, 0.1) is 13.0 Å². The Morgan fingerprint density at radius 1 is 1.07 bits per heavy atom. The van der Waals surface area contributed by atoms with Gasteiger partial charge in [-0.25, -0.2) is 0 Å². The Morgan fingerprint density at radius 3 is 2.37 bits per heavy atom. The van der Waals surface area contributed by atoms with E-state index < -0.39 is 6.10 Å². The van der Waals surface area contributed by atoms with E-state index in [0.29, 0.717) is 0 Å². The SMILES string of the molecule is C/C(O)=C/C(C)O.Cc1cnc2c3[c-]cccc3c3ccccc3c2n1.[Ir]. The zero-order chi connectivity index (χ0) is 18.7. The average molecular weight is 538 g/mol. The number of hydrogen-bond donors (Lipinski definition) is 2. The third kappa shape index (κ3) is 4.69. The smallest absolute Gasteiger partial charge is 0.0877 e. The summed E-state index contributed by atoms with van der Waals surface area (Å²) in [5, 5.41) is 21.5. The summed E-state index contributed by atoms with van der Waals surface area (Å²) in [5.74, 6) is 0.162. The standard InChI is InChI=1S/C17H11N2.C5H10O2.Ir/c1-11-10-18-16-14-8-4-2-6-12(14)13-7-3-5-9-15(13)17(16)19-11;1-4(6)3-5(2)7;/h2-7,9-10H,1H3;3-4,6-7H,1-2H3;/q-1;;/b;5-3-;. The zero-order valence-electron chi connectivity index (χ0n) is 15.4. The average Bonchev–Trinajstić information content (AvgIpc) is 2.61. The van der Waals surface area contributed by atoms with E-state index in [9.17, 15) is 0 Å². The van der Waals surface area contributed by atoms with E-state index in [-0.39, 0.29) is 25.9 Å². The van der Waals surface area contributed by atoms with E-state index in [0.717, 1.165) is 27.5 Å². The van der Waals surface area contributed by atoms with Crippen molar-refractivity contribution >= 4 is 32.6 Å². The minimum absolute atomic E-state index is 0. The Morgan fingerprint density at radius 2 is 1.74 bits per heavy atom. The van der Waals surface area contributed by atoms with Crippen LogP contribution >= 0.6 is 0 Å². The van der Waals surface area contributed by atoms with Gasteiger partial charge in [0.2, 0.25) is 0 Å². The largest absolute Gasteiger partial charge is 0.513 e. The molecule has 0 aliphatic heterocycles. The fourth-order valence-electron chi connectivity index (χ4n) is 2.98. The third-order valence-corrected chi connectivity index (χ3v) is 3.94. The zero-order valence-corrected chi connectivity index (χ0v) is 17.8. The molecule has 1 atom stereocenters. The molecule has 0 aliphatic rings. The summed E-state index contributed by atoms with van der Waals surface area (Å²) in [6, 6.07) is 17.7. The third-order valence-electron chi connectivity index (χ3n) is 3.94. The number of nitrogens with zero attached hydrogens (tertiary/aromatic N) is 2. The Balaban J connectivity index is 0.000000285. The predicted molar refractivity (Wildman–Crippen MR) is 106 cm³/mol. The van der Waals surface area contributed by atoms with E-state index in [1.165, 1.54) is 23.8 Å². The van der Waals surface area contributed by atoms with Crippen molar-refractivity contribution in [2.24, 2.45) is 0 Å². The van der Waals surface area contributed by atoms with Gasteiger partial charge >= 0.3 is 0 Å². The molecule has 2 N–H and O–H groups in total. The minimum atomic E-state index is -0.537. The van der Waals surface area contributed by atoms with Crippen LogP contribution in [0.3, 0.4) is 0 Å². The van der Waals surface area contributed by atoms with Gasteiger partial charge in [0, 0.05) is 31.8 Å². The van der Waals surface area contributed by atoms with Crippen molar-refractivity contribution in [3.63, 3.8) is 0 Å². The number of rotatable bonds is 1. The topological polar surface area (TPSA) is 66.2 Å². The summed E-state index contributed by atoms with van der Waals surface area (Å²) >= 11 is 0. The van der Waals surface area contributed by atoms with Gasteiger partial charge < -0.3 is 15.2 Å². The van der Waals surface area contributed by atoms with Crippen molar-refractivity contribution in [3.05, 3.63) is 72.3 Å². The monoisotopic (exact) mass is 538 g/mol. The second-order valence-electron chi connectivity index (χ2n) is 6.26. The molecule has 0 amide bonds. The van der Waals surface area contributed by atoms with E-state index in [1.807, 2.05) is 31.3 Å². The summed E-state index contributed by atoms with van der Waals surface area (Å²) in [6.45, 7) is 5.08. The summed E-state index contributed by atoms with van der Waals surface area (Å²) in [4.78, 5) is 9.24. The second kappa shape index (κ2) is 9.05. The van der Waals surface area contributed by atoms with Crippen LogP contribution in [0.25, 0.3) is 32.6 Å². The van der Waals surface area contributed by atoms with Gasteiger partial charge in [0.15, 0.2) is 0 Å². The number of aliphatic hydroxyl groups is 2. The van der Waals surface area contributed by atoms with Gasteiger partial charge in [-0.3, -0.25) is 4.98 Å². The maximum absolute atomic E-state index is 8.49. The van der Waals surface area contributed by atoms with Crippen LogP contribution in [0.5, 0.6) is 0 Å². The summed E-state index contributed by atoms with van der Waals surface area (Å²) < 4.78 is 0. The van der Waals surface area contributed by atoms with E-state index in [4.69, 9.17) is 10.2 Å². The molecule has 0 bridgehead atoms. The van der Waals surface area contributed by atoms with Gasteiger partial charge in [-0.1, -0.05) is 35.0 Å². The summed E-state index contributed by atoms with van der Waals surface area (Å²) in [6.07, 6.45) is 2.64. The molecule has 4 aromatic rings. The minimum Gasteiger partial charge on any atom is -0.513 e. The van der Waals surface area contributed by atoms with Crippen molar-refractivity contribution in [2.75, 3.05) is 0 Å². The van der Waals surface area contributed by atoms with Gasteiger partial charge in [0.25, 0.3) is 0 Å². The number of hydrogen-bond acceptors (Lipinski definition) is 4. The Kier molecular flexibility index (Phi) is 7.03. The summed E-state index contributed by atoms with van der Waals surface area (Å²) in [7, 11) is 0. The molecule has 3 aromatic carbocycles. The molecule has 0 saturated carbocycles. The molecule has 0 spiro atoms. The second-order valence-corrected chi connectivity index (χ2v) is 6.26. The summed E-state index contributed by atoms with van der Waals surface area (Å²) in [5.41, 5.74) is 2.83. The quantitative estimate of drug-likeness (QED) is 0.207. The Labute approximate surface area is 171 Å². The molecule has 1 heterocycles. The number of benzene rings is 3. The molecule has 0 fully saturated rings. The maximum Gasteiger partial charge on any atom is 0.0877 e. The molecule has 1 aromatic heterocycles. The van der Waals surface area contributed by atoms with Crippen molar-refractivity contribution in [2.45, 2.75) is 26.9 Å². The Hall–Kier alpha value is -2.33. The molecule has 5 heteroatoms. The van der Waals surface area contributed by atoms with E-state index in [1.54, 1.807) is 6.92 Å². The number of aryl methyl sites for hydroxylation is 1. The van der Waals surface area contributed by atoms with Crippen molar-refractivity contribution in [1.29, 1.82) is 0 Å².